The van der Waals surface area contributed by atoms with Crippen molar-refractivity contribution in [3.05, 3.63) is 206 Å². The molecule has 12 aromatic carbocycles. The molecule has 0 unspecified atom stereocenters. The van der Waals surface area contributed by atoms with Crippen molar-refractivity contribution in [3.63, 3.8) is 0 Å². The maximum absolute atomic E-state index is 6.85. The lowest BCUT2D eigenvalue weighted by Crippen LogP contribution is -1.98. The molecule has 4 aromatic heterocycles. The molecule has 0 amide bonds. The molecule has 0 spiro atoms. The van der Waals surface area contributed by atoms with E-state index in [0.29, 0.717) is 5.82 Å². The van der Waals surface area contributed by atoms with E-state index in [0.717, 1.165) is 159 Å². The number of benzene rings is 12. The normalized spacial score (nSPS) is 12.3. The lowest BCUT2D eigenvalue weighted by Gasteiger charge is -2.15. The highest BCUT2D eigenvalue weighted by molar-refractivity contribution is 6.28. The molecule has 0 N–H and O–H groups in total. The van der Waals surface area contributed by atoms with Crippen LogP contribution in [0.5, 0.6) is 0 Å². The van der Waals surface area contributed by atoms with Crippen LogP contribution >= 0.6 is 0 Å². The van der Waals surface area contributed by atoms with Gasteiger partial charge in [0.1, 0.15) is 33.5 Å². The van der Waals surface area contributed by atoms with Crippen LogP contribution in [0.1, 0.15) is 0 Å². The van der Waals surface area contributed by atoms with E-state index in [1.54, 1.807) is 0 Å². The molecule has 0 saturated carbocycles. The van der Waals surface area contributed by atoms with Gasteiger partial charge >= 0.3 is 0 Å². The Morgan fingerprint density at radius 3 is 0.884 bits per heavy atom. The summed E-state index contributed by atoms with van der Waals surface area (Å²) in [5.41, 5.74) is 9.46. The summed E-state index contributed by atoms with van der Waals surface area (Å²) in [5.74, 6) is 0.614. The molecule has 0 saturated heterocycles. The first kappa shape index (κ1) is 36.8. The van der Waals surface area contributed by atoms with Crippen LogP contribution < -0.4 is 0 Å². The van der Waals surface area contributed by atoms with Crippen molar-refractivity contribution in [2.75, 3.05) is 0 Å². The highest BCUT2D eigenvalue weighted by Crippen LogP contribution is 2.45. The van der Waals surface area contributed by atoms with Gasteiger partial charge in [-0.25, -0.2) is 9.97 Å². The van der Waals surface area contributed by atoms with Crippen molar-refractivity contribution in [2.45, 2.75) is 0 Å². The van der Waals surface area contributed by atoms with Crippen molar-refractivity contribution in [2.24, 2.45) is 0 Å². The molecule has 0 radical (unpaired) electrons. The zero-order chi connectivity index (χ0) is 44.9. The minimum atomic E-state index is 0.614. The van der Waals surface area contributed by atoms with E-state index in [1.807, 2.05) is 0 Å². The van der Waals surface area contributed by atoms with Crippen molar-refractivity contribution >= 4 is 130 Å². The first-order valence-corrected chi connectivity index (χ1v) is 23.4. The molecule has 0 bridgehead atoms. The van der Waals surface area contributed by atoms with Crippen molar-refractivity contribution < 1.29 is 13.3 Å². The zero-order valence-electron chi connectivity index (χ0n) is 36.7. The predicted octanol–water partition coefficient (Wildman–Crippen LogP) is 18.1. The molecule has 16 rings (SSSR count). The fourth-order valence-electron chi connectivity index (χ4n) is 11.7. The lowest BCUT2D eigenvalue weighted by molar-refractivity contribution is 0.664. The predicted molar refractivity (Wildman–Crippen MR) is 285 cm³/mol. The minimum absolute atomic E-state index is 0.614. The average Bonchev–Trinajstić information content (AvgIpc) is 3.71. The quantitative estimate of drug-likeness (QED) is 0.177. The Hall–Kier alpha value is -9.32. The molecule has 69 heavy (non-hydrogen) atoms. The van der Waals surface area contributed by atoms with Crippen LogP contribution in [0.15, 0.2) is 220 Å². The molecule has 318 valence electrons. The van der Waals surface area contributed by atoms with E-state index in [9.17, 15) is 0 Å². The Morgan fingerprint density at radius 2 is 0.507 bits per heavy atom. The van der Waals surface area contributed by atoms with Crippen LogP contribution in [-0.4, -0.2) is 9.97 Å². The molecule has 0 aliphatic carbocycles. The second kappa shape index (κ2) is 13.6. The summed E-state index contributed by atoms with van der Waals surface area (Å²) < 4.78 is 20.5. The number of rotatable bonds is 3. The first-order valence-electron chi connectivity index (χ1n) is 23.4. The number of aromatic nitrogens is 2. The van der Waals surface area contributed by atoms with E-state index in [2.05, 4.69) is 206 Å². The molecule has 0 fully saturated rings. The molecular formula is C64H34N2O3. The SMILES string of the molecule is c1cc2cccc3c4cccc5c(-c6cc(-c7ccc8oc9cccc%10cccc(c%11cccc7c8%11)c%109)nc(-c7ccc8oc9cccc%10cccc(c%11cccc7c8%11)c%109)n6)ccc(oc(c1)c23)c54. The first-order chi connectivity index (χ1) is 34.2. The topological polar surface area (TPSA) is 65.2 Å². The Bertz CT molecular complexity index is 4400. The molecule has 0 atom stereocenters. The zero-order valence-corrected chi connectivity index (χ0v) is 36.7. The van der Waals surface area contributed by atoms with E-state index < -0.39 is 0 Å². The van der Waals surface area contributed by atoms with Gasteiger partial charge < -0.3 is 13.3 Å². The summed E-state index contributed by atoms with van der Waals surface area (Å²) in [4.78, 5) is 11.2. The number of hydrogen-bond donors (Lipinski definition) is 0. The summed E-state index contributed by atoms with van der Waals surface area (Å²) in [5, 5.41) is 19.8. The Labute approximate surface area is 392 Å². The summed E-state index contributed by atoms with van der Waals surface area (Å²) in [6.45, 7) is 0. The fourth-order valence-corrected chi connectivity index (χ4v) is 11.7. The van der Waals surface area contributed by atoms with Gasteiger partial charge in [-0.15, -0.1) is 0 Å². The number of fused-ring (bicyclic) bond motifs is 3. The largest absolute Gasteiger partial charge is 0.456 e. The standard InChI is InChI=1S/C64H34N2O3/c1-10-35-13-4-25-52-58(35)42(16-1)45-21-7-19-40-38(28-31-55(67-52)61(40)45)50-34-51(39-29-32-56-62-41(39)20-8-22-46(62)43-17-2-11-36-14-5-26-53(68-56)59(36)43)66-64(65-50)49-30-33-57-63-47(23-9-24-48(49)63)44-18-3-12-37-15-6-27-54(69-57)60(37)44/h1-34H. The monoisotopic (exact) mass is 878 g/mol. The second-order valence-electron chi connectivity index (χ2n) is 18.3. The van der Waals surface area contributed by atoms with E-state index in [1.165, 1.54) is 0 Å². The van der Waals surface area contributed by atoms with Crippen LogP contribution in [0.3, 0.4) is 0 Å². The number of hydrogen-bond acceptors (Lipinski definition) is 5. The Kier molecular flexibility index (Phi) is 7.28. The highest BCUT2D eigenvalue weighted by atomic mass is 16.3. The molecule has 5 heteroatoms. The Morgan fingerprint density at radius 1 is 0.232 bits per heavy atom. The maximum Gasteiger partial charge on any atom is 0.161 e. The van der Waals surface area contributed by atoms with Gasteiger partial charge in [0.25, 0.3) is 0 Å². The van der Waals surface area contributed by atoms with Gasteiger partial charge in [0.15, 0.2) is 5.82 Å². The third-order valence-corrected chi connectivity index (χ3v) is 14.7. The third kappa shape index (κ3) is 5.13. The van der Waals surface area contributed by atoms with Crippen LogP contribution in [0.2, 0.25) is 0 Å². The second-order valence-corrected chi connectivity index (χ2v) is 18.3. The molecular weight excluding hydrogens is 845 g/mol. The van der Waals surface area contributed by atoms with E-state index in [-0.39, 0.29) is 0 Å². The fraction of sp³-hybridized carbons (Fsp3) is 0. The summed E-state index contributed by atoms with van der Waals surface area (Å²) in [7, 11) is 0. The summed E-state index contributed by atoms with van der Waals surface area (Å²) in [6.07, 6.45) is 0. The van der Waals surface area contributed by atoms with Crippen molar-refractivity contribution in [3.8, 4) is 33.9 Å². The van der Waals surface area contributed by atoms with Crippen LogP contribution in [-0.2, 0) is 0 Å². The molecule has 5 nitrogen and oxygen atoms in total. The molecule has 16 aromatic rings. The van der Waals surface area contributed by atoms with E-state index >= 15 is 0 Å². The summed E-state index contributed by atoms with van der Waals surface area (Å²) in [6, 6.07) is 72.9. The number of nitrogens with zero attached hydrogens (tertiary/aromatic N) is 2. The lowest BCUT2D eigenvalue weighted by atomic mass is 9.94. The molecule has 0 aliphatic heterocycles. The third-order valence-electron chi connectivity index (χ3n) is 14.7. The maximum atomic E-state index is 6.85. The van der Waals surface area contributed by atoms with Gasteiger partial charge in [0, 0.05) is 49.0 Å². The van der Waals surface area contributed by atoms with Gasteiger partial charge in [0.05, 0.1) is 11.4 Å². The average molecular weight is 879 g/mol. The van der Waals surface area contributed by atoms with Crippen molar-refractivity contribution in [1.82, 2.24) is 9.97 Å². The molecule has 0 aliphatic rings. The minimum Gasteiger partial charge on any atom is -0.456 e. The van der Waals surface area contributed by atoms with Crippen LogP contribution in [0, 0.1) is 0 Å². The van der Waals surface area contributed by atoms with Gasteiger partial charge in [-0.3, -0.25) is 0 Å². The van der Waals surface area contributed by atoms with Gasteiger partial charge in [-0.05, 0) is 125 Å². The van der Waals surface area contributed by atoms with Gasteiger partial charge in [0.2, 0.25) is 0 Å². The highest BCUT2D eigenvalue weighted by Gasteiger charge is 2.22. The smallest absolute Gasteiger partial charge is 0.161 e. The van der Waals surface area contributed by atoms with Crippen LogP contribution in [0.25, 0.3) is 164 Å². The van der Waals surface area contributed by atoms with E-state index in [4.69, 9.17) is 23.2 Å². The van der Waals surface area contributed by atoms with Gasteiger partial charge in [-0.1, -0.05) is 146 Å². The Balaban J connectivity index is 1.02. The molecule has 4 heterocycles. The van der Waals surface area contributed by atoms with Gasteiger partial charge in [-0.2, -0.15) is 0 Å². The summed E-state index contributed by atoms with van der Waals surface area (Å²) >= 11 is 0. The van der Waals surface area contributed by atoms with Crippen LogP contribution in [0.4, 0.5) is 0 Å². The van der Waals surface area contributed by atoms with Crippen molar-refractivity contribution in [1.29, 1.82) is 0 Å².